The molecule has 0 radical (unpaired) electrons. The van der Waals surface area contributed by atoms with Crippen molar-refractivity contribution in [1.82, 2.24) is 10.2 Å². The Balaban J connectivity index is 2.32. The van der Waals surface area contributed by atoms with Gasteiger partial charge < -0.3 is 15.3 Å². The normalized spacial score (nSPS) is 18.1. The van der Waals surface area contributed by atoms with E-state index >= 15 is 0 Å². The van der Waals surface area contributed by atoms with Crippen LogP contribution in [0.25, 0.3) is 0 Å². The van der Waals surface area contributed by atoms with Crippen molar-refractivity contribution < 1.29 is 14.7 Å². The number of hydrogen-bond donors (Lipinski definition) is 2. The van der Waals surface area contributed by atoms with Crippen molar-refractivity contribution in [2.45, 2.75) is 19.4 Å². The molecule has 2 rings (SSSR count). The highest BCUT2D eigenvalue weighted by molar-refractivity contribution is 14.1. The summed E-state index contributed by atoms with van der Waals surface area (Å²) in [6.45, 7) is 4.34. The lowest BCUT2D eigenvalue weighted by Crippen LogP contribution is -2.63. The van der Waals surface area contributed by atoms with Crippen molar-refractivity contribution in [2.24, 2.45) is 0 Å². The molecule has 0 saturated carbocycles. The minimum absolute atomic E-state index is 0.0747. The summed E-state index contributed by atoms with van der Waals surface area (Å²) in [4.78, 5) is 25.8. The van der Waals surface area contributed by atoms with Gasteiger partial charge in [-0.2, -0.15) is 0 Å². The van der Waals surface area contributed by atoms with Crippen LogP contribution in [0.5, 0.6) is 5.75 Å². The summed E-state index contributed by atoms with van der Waals surface area (Å²) in [5.41, 5.74) is -0.491. The van der Waals surface area contributed by atoms with Gasteiger partial charge >= 0.3 is 0 Å². The van der Waals surface area contributed by atoms with Crippen LogP contribution in [0.2, 0.25) is 0 Å². The molecule has 1 aromatic carbocycles. The SMILES string of the molecule is CC1(C)C(=O)NCCN1C(=O)c1ccc(I)c(O)c1. The van der Waals surface area contributed by atoms with Crippen molar-refractivity contribution in [3.05, 3.63) is 27.3 Å². The molecular weight excluding hydrogens is 359 g/mol. The smallest absolute Gasteiger partial charge is 0.254 e. The van der Waals surface area contributed by atoms with Gasteiger partial charge in [0.2, 0.25) is 5.91 Å². The molecule has 1 aliphatic rings. The summed E-state index contributed by atoms with van der Waals surface area (Å²) in [7, 11) is 0. The second kappa shape index (κ2) is 4.99. The molecule has 6 heteroatoms. The highest BCUT2D eigenvalue weighted by atomic mass is 127. The highest BCUT2D eigenvalue weighted by Gasteiger charge is 2.40. The summed E-state index contributed by atoms with van der Waals surface area (Å²) >= 11 is 1.99. The number of aromatic hydroxyl groups is 1. The van der Waals surface area contributed by atoms with Gasteiger partial charge in [0.05, 0.1) is 3.57 Å². The van der Waals surface area contributed by atoms with Crippen molar-refractivity contribution >= 4 is 34.4 Å². The van der Waals surface area contributed by atoms with E-state index in [1.165, 1.54) is 11.0 Å². The number of piperazine rings is 1. The molecule has 1 aromatic rings. The van der Waals surface area contributed by atoms with Crippen LogP contribution in [0.15, 0.2) is 18.2 Å². The van der Waals surface area contributed by atoms with E-state index in [1.807, 2.05) is 22.6 Å². The number of nitrogens with zero attached hydrogens (tertiary/aromatic N) is 1. The van der Waals surface area contributed by atoms with E-state index in [2.05, 4.69) is 5.32 Å². The van der Waals surface area contributed by atoms with Gasteiger partial charge in [0, 0.05) is 18.7 Å². The average Bonchev–Trinajstić information content (AvgIpc) is 2.35. The fourth-order valence-electron chi connectivity index (χ4n) is 2.06. The topological polar surface area (TPSA) is 69.6 Å². The van der Waals surface area contributed by atoms with E-state index in [9.17, 15) is 14.7 Å². The fraction of sp³-hybridized carbons (Fsp3) is 0.385. The van der Waals surface area contributed by atoms with Crippen LogP contribution < -0.4 is 5.32 Å². The molecule has 0 aliphatic carbocycles. The Morgan fingerprint density at radius 2 is 2.16 bits per heavy atom. The molecular formula is C13H15IN2O3. The van der Waals surface area contributed by atoms with Gasteiger partial charge in [0.15, 0.2) is 0 Å². The molecule has 1 fully saturated rings. The van der Waals surface area contributed by atoms with Gasteiger partial charge in [-0.3, -0.25) is 9.59 Å². The third-order valence-corrected chi connectivity index (χ3v) is 4.20. The molecule has 0 unspecified atom stereocenters. The van der Waals surface area contributed by atoms with Gasteiger partial charge in [-0.1, -0.05) is 0 Å². The van der Waals surface area contributed by atoms with Crippen molar-refractivity contribution in [1.29, 1.82) is 0 Å². The van der Waals surface area contributed by atoms with Crippen LogP contribution in [0.4, 0.5) is 0 Å². The lowest BCUT2D eigenvalue weighted by molar-refractivity contribution is -0.133. The number of nitrogens with one attached hydrogen (secondary N) is 1. The highest BCUT2D eigenvalue weighted by Crippen LogP contribution is 2.24. The Bertz CT molecular complexity index is 543. The van der Waals surface area contributed by atoms with Gasteiger partial charge in [-0.05, 0) is 54.6 Å². The fourth-order valence-corrected chi connectivity index (χ4v) is 2.39. The van der Waals surface area contributed by atoms with Crippen LogP contribution in [-0.2, 0) is 4.79 Å². The molecule has 1 heterocycles. The molecule has 0 atom stereocenters. The zero-order valence-corrected chi connectivity index (χ0v) is 12.9. The van der Waals surface area contributed by atoms with Crippen LogP contribution >= 0.6 is 22.6 Å². The van der Waals surface area contributed by atoms with Gasteiger partial charge in [-0.25, -0.2) is 0 Å². The number of rotatable bonds is 1. The maximum Gasteiger partial charge on any atom is 0.254 e. The lowest BCUT2D eigenvalue weighted by atomic mass is 9.97. The third-order valence-electron chi connectivity index (χ3n) is 3.29. The lowest BCUT2D eigenvalue weighted by Gasteiger charge is -2.41. The van der Waals surface area contributed by atoms with Crippen LogP contribution in [-0.4, -0.2) is 40.4 Å². The number of carbonyl (C=O) groups excluding carboxylic acids is 2. The predicted octanol–water partition coefficient (Wildman–Crippen LogP) is 1.35. The second-order valence-corrected chi connectivity index (χ2v) is 6.10. The number of amides is 2. The summed E-state index contributed by atoms with van der Waals surface area (Å²) in [5, 5.41) is 12.4. The Morgan fingerprint density at radius 3 is 2.79 bits per heavy atom. The van der Waals surface area contributed by atoms with Crippen LogP contribution in [0.3, 0.4) is 0 Å². The zero-order valence-electron chi connectivity index (χ0n) is 10.7. The number of halogens is 1. The molecule has 1 aliphatic heterocycles. The van der Waals surface area contributed by atoms with Gasteiger partial charge in [-0.15, -0.1) is 0 Å². The molecule has 2 N–H and O–H groups in total. The molecule has 102 valence electrons. The molecule has 0 aromatic heterocycles. The van der Waals surface area contributed by atoms with Crippen molar-refractivity contribution in [2.75, 3.05) is 13.1 Å². The van der Waals surface area contributed by atoms with Gasteiger partial charge in [0.25, 0.3) is 5.91 Å². The Morgan fingerprint density at radius 1 is 1.47 bits per heavy atom. The maximum absolute atomic E-state index is 12.5. The third kappa shape index (κ3) is 2.54. The first-order valence-electron chi connectivity index (χ1n) is 5.93. The molecule has 2 amide bonds. The van der Waals surface area contributed by atoms with E-state index < -0.39 is 5.54 Å². The summed E-state index contributed by atoms with van der Waals surface area (Å²) in [6, 6.07) is 4.78. The number of phenolic OH excluding ortho intramolecular Hbond substituents is 1. The molecule has 19 heavy (non-hydrogen) atoms. The first-order chi connectivity index (χ1) is 8.84. The largest absolute Gasteiger partial charge is 0.507 e. The van der Waals surface area contributed by atoms with Crippen molar-refractivity contribution in [3.63, 3.8) is 0 Å². The molecule has 0 bridgehead atoms. The Labute approximate surface area is 125 Å². The molecule has 1 saturated heterocycles. The summed E-state index contributed by atoms with van der Waals surface area (Å²) < 4.78 is 0.685. The monoisotopic (exact) mass is 374 g/mol. The molecule has 5 nitrogen and oxygen atoms in total. The van der Waals surface area contributed by atoms with Crippen LogP contribution in [0, 0.1) is 3.57 Å². The minimum atomic E-state index is -0.881. The van der Waals surface area contributed by atoms with E-state index in [0.717, 1.165) is 0 Å². The standard InChI is InChI=1S/C13H15IN2O3/c1-13(2)12(19)15-5-6-16(13)11(18)8-3-4-9(14)10(17)7-8/h3-4,7,17H,5-6H2,1-2H3,(H,15,19). The molecule has 0 spiro atoms. The average molecular weight is 374 g/mol. The zero-order chi connectivity index (χ0) is 14.2. The quantitative estimate of drug-likeness (QED) is 0.730. The Kier molecular flexibility index (Phi) is 3.71. The van der Waals surface area contributed by atoms with E-state index in [4.69, 9.17) is 0 Å². The first kappa shape index (κ1) is 14.1. The van der Waals surface area contributed by atoms with E-state index in [1.54, 1.807) is 26.0 Å². The first-order valence-corrected chi connectivity index (χ1v) is 7.00. The van der Waals surface area contributed by atoms with Crippen molar-refractivity contribution in [3.8, 4) is 5.75 Å². The minimum Gasteiger partial charge on any atom is -0.507 e. The van der Waals surface area contributed by atoms with Gasteiger partial charge in [0.1, 0.15) is 11.3 Å². The summed E-state index contributed by atoms with van der Waals surface area (Å²) in [6.07, 6.45) is 0. The van der Waals surface area contributed by atoms with Crippen LogP contribution in [0.1, 0.15) is 24.2 Å². The van der Waals surface area contributed by atoms with E-state index in [0.29, 0.717) is 22.2 Å². The number of hydrogen-bond acceptors (Lipinski definition) is 3. The second-order valence-electron chi connectivity index (χ2n) is 4.94. The predicted molar refractivity (Wildman–Crippen MR) is 78.9 cm³/mol. The summed E-state index contributed by atoms with van der Waals surface area (Å²) in [5.74, 6) is -0.334. The number of benzene rings is 1. The number of phenols is 1. The van der Waals surface area contributed by atoms with E-state index in [-0.39, 0.29) is 17.6 Å². The Hall–Kier alpha value is -1.31. The number of carbonyl (C=O) groups is 2. The maximum atomic E-state index is 12.5.